The molecule has 0 saturated carbocycles. The lowest BCUT2D eigenvalue weighted by molar-refractivity contribution is 0.0942. The van der Waals surface area contributed by atoms with Crippen LogP contribution in [0.2, 0.25) is 10.0 Å². The summed E-state index contributed by atoms with van der Waals surface area (Å²) in [6.45, 7) is 0.292. The lowest BCUT2D eigenvalue weighted by Gasteiger charge is -2.09. The second-order valence-electron chi connectivity index (χ2n) is 6.66. The van der Waals surface area contributed by atoms with Gasteiger partial charge in [-0.15, -0.1) is 0 Å². The van der Waals surface area contributed by atoms with Crippen molar-refractivity contribution >= 4 is 29.1 Å². The van der Waals surface area contributed by atoms with Crippen molar-refractivity contribution in [1.29, 1.82) is 0 Å². The zero-order valence-electron chi connectivity index (χ0n) is 16.5. The summed E-state index contributed by atoms with van der Waals surface area (Å²) in [6, 6.07) is 19.8. The van der Waals surface area contributed by atoms with Crippen molar-refractivity contribution in [2.24, 2.45) is 0 Å². The number of pyridine rings is 1. The molecule has 0 aliphatic rings. The molecule has 6 nitrogen and oxygen atoms in total. The third kappa shape index (κ3) is 4.71. The van der Waals surface area contributed by atoms with Crippen molar-refractivity contribution in [2.75, 3.05) is 7.11 Å². The Morgan fingerprint density at radius 1 is 1.03 bits per heavy atom. The molecule has 8 heteroatoms. The topological polar surface area (TPSA) is 69.0 Å². The minimum Gasteiger partial charge on any atom is -0.497 e. The van der Waals surface area contributed by atoms with Crippen LogP contribution in [0.25, 0.3) is 16.9 Å². The second-order valence-corrected chi connectivity index (χ2v) is 7.48. The maximum atomic E-state index is 13.0. The lowest BCUT2D eigenvalue weighted by Crippen LogP contribution is -2.25. The first-order chi connectivity index (χ1) is 15.0. The molecule has 0 unspecified atom stereocenters. The number of hydrogen-bond donors (Lipinski definition) is 1. The van der Waals surface area contributed by atoms with Crippen LogP contribution in [0.4, 0.5) is 0 Å². The quantitative estimate of drug-likeness (QED) is 0.437. The SMILES string of the molecule is COc1cccc(-c2cc(C(=O)NCc3ccccn3)n(-c3ccc(Cl)c(Cl)c3)n2)c1. The number of benzene rings is 2. The molecule has 1 N–H and O–H groups in total. The first kappa shape index (κ1) is 20.9. The molecule has 2 heterocycles. The van der Waals surface area contributed by atoms with Crippen molar-refractivity contribution in [1.82, 2.24) is 20.1 Å². The van der Waals surface area contributed by atoms with E-state index in [0.717, 1.165) is 11.3 Å². The predicted molar refractivity (Wildman–Crippen MR) is 121 cm³/mol. The van der Waals surface area contributed by atoms with Crippen LogP contribution in [0, 0.1) is 0 Å². The van der Waals surface area contributed by atoms with E-state index in [1.54, 1.807) is 42.3 Å². The van der Waals surface area contributed by atoms with Gasteiger partial charge in [0.05, 0.1) is 40.8 Å². The molecule has 0 radical (unpaired) electrons. The highest BCUT2D eigenvalue weighted by Gasteiger charge is 2.18. The summed E-state index contributed by atoms with van der Waals surface area (Å²) in [5.41, 5.74) is 3.16. The van der Waals surface area contributed by atoms with Gasteiger partial charge in [0, 0.05) is 11.8 Å². The first-order valence-electron chi connectivity index (χ1n) is 9.43. The zero-order chi connectivity index (χ0) is 21.8. The molecule has 1 amide bonds. The van der Waals surface area contributed by atoms with Gasteiger partial charge in [-0.05, 0) is 48.5 Å². The highest BCUT2D eigenvalue weighted by molar-refractivity contribution is 6.42. The Morgan fingerprint density at radius 3 is 2.65 bits per heavy atom. The van der Waals surface area contributed by atoms with E-state index in [4.69, 9.17) is 27.9 Å². The van der Waals surface area contributed by atoms with Crippen LogP contribution in [-0.2, 0) is 6.54 Å². The van der Waals surface area contributed by atoms with Gasteiger partial charge in [-0.2, -0.15) is 5.10 Å². The van der Waals surface area contributed by atoms with E-state index in [-0.39, 0.29) is 5.91 Å². The fourth-order valence-corrected chi connectivity index (χ4v) is 3.34. The largest absolute Gasteiger partial charge is 0.497 e. The molecule has 0 fully saturated rings. The van der Waals surface area contributed by atoms with Gasteiger partial charge in [0.25, 0.3) is 5.91 Å². The summed E-state index contributed by atoms with van der Waals surface area (Å²) in [5, 5.41) is 8.34. The molecule has 2 aromatic carbocycles. The van der Waals surface area contributed by atoms with Crippen molar-refractivity contribution in [3.8, 4) is 22.7 Å². The molecule has 0 atom stereocenters. The van der Waals surface area contributed by atoms with E-state index in [9.17, 15) is 4.79 Å². The van der Waals surface area contributed by atoms with E-state index in [1.807, 2.05) is 42.5 Å². The maximum Gasteiger partial charge on any atom is 0.270 e. The Hall–Kier alpha value is -3.35. The summed E-state index contributed by atoms with van der Waals surface area (Å²) in [5.74, 6) is 0.404. The number of rotatable bonds is 6. The van der Waals surface area contributed by atoms with Crippen LogP contribution in [0.3, 0.4) is 0 Å². The number of aromatic nitrogens is 3. The number of methoxy groups -OCH3 is 1. The Bertz CT molecular complexity index is 1230. The summed E-state index contributed by atoms with van der Waals surface area (Å²) in [6.07, 6.45) is 1.68. The Balaban J connectivity index is 1.73. The molecule has 0 aliphatic carbocycles. The highest BCUT2D eigenvalue weighted by atomic mass is 35.5. The molecule has 31 heavy (non-hydrogen) atoms. The fourth-order valence-electron chi connectivity index (χ4n) is 3.04. The Morgan fingerprint density at radius 2 is 1.90 bits per heavy atom. The van der Waals surface area contributed by atoms with Crippen LogP contribution in [0.15, 0.2) is 72.9 Å². The van der Waals surface area contributed by atoms with Crippen LogP contribution < -0.4 is 10.1 Å². The molecule has 0 saturated heterocycles. The number of amides is 1. The van der Waals surface area contributed by atoms with Gasteiger partial charge < -0.3 is 10.1 Å². The molecule has 0 aliphatic heterocycles. The summed E-state index contributed by atoms with van der Waals surface area (Å²) < 4.78 is 6.86. The van der Waals surface area contributed by atoms with Gasteiger partial charge in [-0.25, -0.2) is 4.68 Å². The fraction of sp³-hybridized carbons (Fsp3) is 0.0870. The van der Waals surface area contributed by atoms with Crippen molar-refractivity contribution in [3.05, 3.63) is 94.4 Å². The standard InChI is InChI=1S/C23H18Cl2N4O2/c1-31-18-7-4-5-15(11-18)21-13-22(23(30)27-14-16-6-2-3-10-26-16)29(28-21)17-8-9-19(24)20(25)12-17/h2-13H,14H2,1H3,(H,27,30). The van der Waals surface area contributed by atoms with Crippen molar-refractivity contribution < 1.29 is 9.53 Å². The number of hydrogen-bond acceptors (Lipinski definition) is 4. The van der Waals surface area contributed by atoms with Gasteiger partial charge in [0.1, 0.15) is 11.4 Å². The highest BCUT2D eigenvalue weighted by Crippen LogP contribution is 2.28. The lowest BCUT2D eigenvalue weighted by atomic mass is 10.1. The monoisotopic (exact) mass is 452 g/mol. The zero-order valence-corrected chi connectivity index (χ0v) is 18.1. The number of carbonyl (C=O) groups is 1. The molecule has 0 spiro atoms. The van der Waals surface area contributed by atoms with Crippen molar-refractivity contribution in [2.45, 2.75) is 6.54 Å². The third-order valence-electron chi connectivity index (χ3n) is 4.61. The minimum absolute atomic E-state index is 0.292. The number of halogens is 2. The molecule has 4 aromatic rings. The van der Waals surface area contributed by atoms with E-state index < -0.39 is 0 Å². The van der Waals surface area contributed by atoms with Gasteiger partial charge in [0.15, 0.2) is 0 Å². The van der Waals surface area contributed by atoms with Gasteiger partial charge in [-0.3, -0.25) is 9.78 Å². The predicted octanol–water partition coefficient (Wildman–Crippen LogP) is 5.18. The van der Waals surface area contributed by atoms with E-state index in [0.29, 0.717) is 39.4 Å². The molecule has 156 valence electrons. The molecule has 2 aromatic heterocycles. The third-order valence-corrected chi connectivity index (χ3v) is 5.35. The van der Waals surface area contributed by atoms with E-state index in [2.05, 4.69) is 15.4 Å². The number of ether oxygens (including phenoxy) is 1. The average Bonchev–Trinajstić information content (AvgIpc) is 3.26. The van der Waals surface area contributed by atoms with Crippen LogP contribution >= 0.6 is 23.2 Å². The maximum absolute atomic E-state index is 13.0. The number of carbonyl (C=O) groups excluding carboxylic acids is 1. The molecule has 0 bridgehead atoms. The van der Waals surface area contributed by atoms with Crippen molar-refractivity contribution in [3.63, 3.8) is 0 Å². The van der Waals surface area contributed by atoms with E-state index in [1.165, 1.54) is 0 Å². The number of nitrogens with one attached hydrogen (secondary N) is 1. The molecule has 4 rings (SSSR count). The smallest absolute Gasteiger partial charge is 0.270 e. The van der Waals surface area contributed by atoms with E-state index >= 15 is 0 Å². The van der Waals surface area contributed by atoms with Gasteiger partial charge >= 0.3 is 0 Å². The number of nitrogens with zero attached hydrogens (tertiary/aromatic N) is 3. The Kier molecular flexibility index (Phi) is 6.21. The normalized spacial score (nSPS) is 10.7. The van der Waals surface area contributed by atoms with Crippen LogP contribution in [0.5, 0.6) is 5.75 Å². The molecular weight excluding hydrogens is 435 g/mol. The summed E-state index contributed by atoms with van der Waals surface area (Å²) >= 11 is 12.3. The second kappa shape index (κ2) is 9.20. The van der Waals surface area contributed by atoms with Crippen LogP contribution in [0.1, 0.15) is 16.2 Å². The van der Waals surface area contributed by atoms with Crippen LogP contribution in [-0.4, -0.2) is 27.8 Å². The minimum atomic E-state index is -0.293. The van der Waals surface area contributed by atoms with Gasteiger partial charge in [-0.1, -0.05) is 41.4 Å². The summed E-state index contributed by atoms with van der Waals surface area (Å²) in [7, 11) is 1.60. The molecular formula is C23H18Cl2N4O2. The average molecular weight is 453 g/mol. The first-order valence-corrected chi connectivity index (χ1v) is 10.2. The Labute approximate surface area is 189 Å². The van der Waals surface area contributed by atoms with Gasteiger partial charge in [0.2, 0.25) is 0 Å². The summed E-state index contributed by atoms with van der Waals surface area (Å²) in [4.78, 5) is 17.3.